The summed E-state index contributed by atoms with van der Waals surface area (Å²) in [5.74, 6) is -0.0103. The van der Waals surface area contributed by atoms with Crippen LogP contribution in [-0.4, -0.2) is 38.3 Å². The van der Waals surface area contributed by atoms with Crippen molar-refractivity contribution >= 4 is 34.9 Å². The molecule has 0 saturated carbocycles. The minimum atomic E-state index is -0.514. The number of anilines is 1. The van der Waals surface area contributed by atoms with Gasteiger partial charge in [-0.2, -0.15) is 0 Å². The van der Waals surface area contributed by atoms with E-state index >= 15 is 0 Å². The van der Waals surface area contributed by atoms with Crippen molar-refractivity contribution in [3.05, 3.63) is 53.6 Å². The normalized spacial score (nSPS) is 9.81. The first-order chi connectivity index (χ1) is 12.5. The maximum absolute atomic E-state index is 12.4. The van der Waals surface area contributed by atoms with Gasteiger partial charge in [0.1, 0.15) is 11.5 Å². The molecule has 0 aromatic heterocycles. The van der Waals surface area contributed by atoms with Crippen LogP contribution in [0.15, 0.2) is 42.5 Å². The third kappa shape index (κ3) is 4.70. The van der Waals surface area contributed by atoms with E-state index in [-0.39, 0.29) is 5.11 Å². The molecule has 1 amide bonds. The molecule has 136 valence electrons. The average molecular weight is 374 g/mol. The summed E-state index contributed by atoms with van der Waals surface area (Å²) in [5, 5.41) is 5.40. The third-order valence-corrected chi connectivity index (χ3v) is 3.63. The number of nitrogens with one attached hydrogen (secondary N) is 2. The monoisotopic (exact) mass is 374 g/mol. The Bertz CT molecular complexity index is 816. The van der Waals surface area contributed by atoms with Crippen LogP contribution in [0.3, 0.4) is 0 Å². The number of para-hydroxylation sites is 1. The zero-order valence-corrected chi connectivity index (χ0v) is 15.3. The van der Waals surface area contributed by atoms with Gasteiger partial charge in [-0.3, -0.25) is 10.1 Å². The summed E-state index contributed by atoms with van der Waals surface area (Å²) in [6, 6.07) is 11.4. The number of carbonyl (C=O) groups is 2. The second-order valence-electron chi connectivity index (χ2n) is 5.05. The quantitative estimate of drug-likeness (QED) is 0.615. The second kappa shape index (κ2) is 8.82. The molecule has 0 unspecified atom stereocenters. The smallest absolute Gasteiger partial charge is 0.339 e. The fourth-order valence-corrected chi connectivity index (χ4v) is 2.35. The predicted molar refractivity (Wildman–Crippen MR) is 101 cm³/mol. The number of thiocarbonyl (C=S) groups is 1. The molecule has 0 heterocycles. The molecule has 0 aliphatic heterocycles. The first-order valence-electron chi connectivity index (χ1n) is 7.51. The zero-order chi connectivity index (χ0) is 19.1. The standard InChI is InChI=1S/C18H18N2O5S/c1-23-12-8-11(9-13(10-12)24-2)16(21)20-18(26)19-15-7-5-4-6-14(15)17(22)25-3/h4-10H,1-3H3,(H2,19,20,21,26). The largest absolute Gasteiger partial charge is 0.497 e. The molecule has 2 rings (SSSR count). The van der Waals surface area contributed by atoms with Crippen LogP contribution in [-0.2, 0) is 4.74 Å². The summed E-state index contributed by atoms with van der Waals surface area (Å²) in [6.07, 6.45) is 0. The van der Waals surface area contributed by atoms with Gasteiger partial charge < -0.3 is 19.5 Å². The van der Waals surface area contributed by atoms with E-state index in [4.69, 9.17) is 26.4 Å². The molecule has 2 N–H and O–H groups in total. The van der Waals surface area contributed by atoms with Gasteiger partial charge in [0.2, 0.25) is 0 Å². The molecule has 0 saturated heterocycles. The van der Waals surface area contributed by atoms with E-state index in [2.05, 4.69) is 10.6 Å². The van der Waals surface area contributed by atoms with Gasteiger partial charge in [-0.05, 0) is 36.5 Å². The second-order valence-corrected chi connectivity index (χ2v) is 5.46. The molecule has 26 heavy (non-hydrogen) atoms. The Balaban J connectivity index is 2.14. The van der Waals surface area contributed by atoms with Gasteiger partial charge in [-0.25, -0.2) is 4.79 Å². The summed E-state index contributed by atoms with van der Waals surface area (Å²) < 4.78 is 15.0. The molecule has 0 aliphatic rings. The molecule has 8 heteroatoms. The first-order valence-corrected chi connectivity index (χ1v) is 7.92. The van der Waals surface area contributed by atoms with E-state index in [0.29, 0.717) is 28.3 Å². The Hall–Kier alpha value is -3.13. The van der Waals surface area contributed by atoms with Crippen LogP contribution in [0.5, 0.6) is 11.5 Å². The van der Waals surface area contributed by atoms with Crippen LogP contribution in [0.1, 0.15) is 20.7 Å². The summed E-state index contributed by atoms with van der Waals surface area (Å²) in [5.41, 5.74) is 1.04. The number of esters is 1. The van der Waals surface area contributed by atoms with Gasteiger partial charge in [0.15, 0.2) is 5.11 Å². The molecule has 0 fully saturated rings. The summed E-state index contributed by atoms with van der Waals surface area (Å²) in [6.45, 7) is 0. The Morgan fingerprint density at radius 2 is 1.58 bits per heavy atom. The van der Waals surface area contributed by atoms with E-state index in [1.807, 2.05) is 0 Å². The van der Waals surface area contributed by atoms with Gasteiger partial charge in [0, 0.05) is 11.6 Å². The number of carbonyl (C=O) groups excluding carboxylic acids is 2. The average Bonchev–Trinajstić information content (AvgIpc) is 2.67. The van der Waals surface area contributed by atoms with Crippen molar-refractivity contribution in [3.8, 4) is 11.5 Å². The van der Waals surface area contributed by atoms with Crippen molar-refractivity contribution in [2.45, 2.75) is 0 Å². The first kappa shape index (κ1) is 19.2. The Morgan fingerprint density at radius 3 is 2.15 bits per heavy atom. The molecular weight excluding hydrogens is 356 g/mol. The van der Waals surface area contributed by atoms with E-state index in [1.54, 1.807) is 42.5 Å². The Labute approximate surface area is 156 Å². The van der Waals surface area contributed by atoms with Crippen molar-refractivity contribution in [3.63, 3.8) is 0 Å². The molecule has 7 nitrogen and oxygen atoms in total. The molecule has 0 bridgehead atoms. The van der Waals surface area contributed by atoms with Crippen LogP contribution in [0.25, 0.3) is 0 Å². The van der Waals surface area contributed by atoms with Crippen molar-refractivity contribution in [2.75, 3.05) is 26.6 Å². The third-order valence-electron chi connectivity index (χ3n) is 3.42. The van der Waals surface area contributed by atoms with E-state index in [1.165, 1.54) is 21.3 Å². The molecule has 0 radical (unpaired) electrons. The molecular formula is C18H18N2O5S. The van der Waals surface area contributed by atoms with Crippen LogP contribution in [0.2, 0.25) is 0 Å². The van der Waals surface area contributed by atoms with Crippen LogP contribution in [0.4, 0.5) is 5.69 Å². The van der Waals surface area contributed by atoms with E-state index in [9.17, 15) is 9.59 Å². The van der Waals surface area contributed by atoms with Crippen molar-refractivity contribution < 1.29 is 23.8 Å². The van der Waals surface area contributed by atoms with Gasteiger partial charge in [0.05, 0.1) is 32.6 Å². The van der Waals surface area contributed by atoms with Gasteiger partial charge in [-0.1, -0.05) is 12.1 Å². The molecule has 0 aliphatic carbocycles. The molecule has 2 aromatic rings. The maximum Gasteiger partial charge on any atom is 0.339 e. The van der Waals surface area contributed by atoms with E-state index in [0.717, 1.165) is 0 Å². The SMILES string of the molecule is COC(=O)c1ccccc1NC(=S)NC(=O)c1cc(OC)cc(OC)c1. The number of ether oxygens (including phenoxy) is 3. The minimum Gasteiger partial charge on any atom is -0.497 e. The number of rotatable bonds is 5. The fraction of sp³-hybridized carbons (Fsp3) is 0.167. The summed E-state index contributed by atoms with van der Waals surface area (Å²) in [7, 11) is 4.27. The maximum atomic E-state index is 12.4. The van der Waals surface area contributed by atoms with Crippen molar-refractivity contribution in [1.82, 2.24) is 5.32 Å². The predicted octanol–water partition coefficient (Wildman–Crippen LogP) is 2.62. The fourth-order valence-electron chi connectivity index (χ4n) is 2.15. The lowest BCUT2D eigenvalue weighted by atomic mass is 10.2. The highest BCUT2D eigenvalue weighted by Crippen LogP contribution is 2.22. The minimum absolute atomic E-state index is 0.0353. The lowest BCUT2D eigenvalue weighted by Gasteiger charge is -2.13. The number of benzene rings is 2. The van der Waals surface area contributed by atoms with Crippen LogP contribution >= 0.6 is 12.2 Å². The van der Waals surface area contributed by atoms with Gasteiger partial charge in [0.25, 0.3) is 5.91 Å². The van der Waals surface area contributed by atoms with E-state index < -0.39 is 11.9 Å². The van der Waals surface area contributed by atoms with Gasteiger partial charge in [-0.15, -0.1) is 0 Å². The van der Waals surface area contributed by atoms with Crippen molar-refractivity contribution in [1.29, 1.82) is 0 Å². The number of hydrogen-bond donors (Lipinski definition) is 2. The van der Waals surface area contributed by atoms with Crippen LogP contribution < -0.4 is 20.1 Å². The number of amides is 1. The van der Waals surface area contributed by atoms with Crippen LogP contribution in [0, 0.1) is 0 Å². The molecule has 2 aromatic carbocycles. The highest BCUT2D eigenvalue weighted by Gasteiger charge is 2.15. The Kier molecular flexibility index (Phi) is 6.51. The summed E-state index contributed by atoms with van der Waals surface area (Å²) in [4.78, 5) is 24.2. The molecule has 0 atom stereocenters. The number of hydrogen-bond acceptors (Lipinski definition) is 6. The highest BCUT2D eigenvalue weighted by molar-refractivity contribution is 7.80. The molecule has 0 spiro atoms. The zero-order valence-electron chi connectivity index (χ0n) is 14.5. The Morgan fingerprint density at radius 1 is 0.962 bits per heavy atom. The number of methoxy groups -OCH3 is 3. The summed E-state index contributed by atoms with van der Waals surface area (Å²) >= 11 is 5.16. The van der Waals surface area contributed by atoms with Crippen molar-refractivity contribution in [2.24, 2.45) is 0 Å². The lowest BCUT2D eigenvalue weighted by Crippen LogP contribution is -2.34. The lowest BCUT2D eigenvalue weighted by molar-refractivity contribution is 0.0602. The topological polar surface area (TPSA) is 85.9 Å². The van der Waals surface area contributed by atoms with Gasteiger partial charge >= 0.3 is 5.97 Å². The highest BCUT2D eigenvalue weighted by atomic mass is 32.1.